The highest BCUT2D eigenvalue weighted by molar-refractivity contribution is 9.11. The van der Waals surface area contributed by atoms with E-state index in [2.05, 4.69) is 58.2 Å². The number of hydrazone groups is 1. The van der Waals surface area contributed by atoms with Gasteiger partial charge < -0.3 is 10.1 Å². The molecule has 0 unspecified atom stereocenters. The molecule has 0 saturated heterocycles. The Balaban J connectivity index is 1.61. The molecule has 2 aromatic carbocycles. The smallest absolute Gasteiger partial charge is 0.263 e. The fourth-order valence-corrected chi connectivity index (χ4v) is 4.76. The molecule has 6 nitrogen and oxygen atoms in total. The third kappa shape index (κ3) is 4.52. The van der Waals surface area contributed by atoms with Crippen LogP contribution in [0.1, 0.15) is 6.42 Å². The molecule has 1 N–H and O–H groups in total. The maximum Gasteiger partial charge on any atom is 0.263 e. The third-order valence-electron chi connectivity index (χ3n) is 3.37. The molecule has 1 heterocycles. The maximum absolute atomic E-state index is 12.1. The van der Waals surface area contributed by atoms with E-state index in [1.165, 1.54) is 5.01 Å². The quantitative estimate of drug-likeness (QED) is 0.625. The van der Waals surface area contributed by atoms with Crippen molar-refractivity contribution in [3.63, 3.8) is 0 Å². The van der Waals surface area contributed by atoms with E-state index in [1.807, 2.05) is 30.3 Å². The van der Waals surface area contributed by atoms with Gasteiger partial charge in [-0.1, -0.05) is 34.1 Å². The molecular formula is C17H12Br3N3O3. The number of para-hydroxylation sites is 1. The number of carbonyl (C=O) groups is 2. The van der Waals surface area contributed by atoms with Crippen LogP contribution in [0.3, 0.4) is 0 Å². The second-order valence-corrected chi connectivity index (χ2v) is 7.92. The van der Waals surface area contributed by atoms with Crippen LogP contribution in [0.4, 0.5) is 5.69 Å². The van der Waals surface area contributed by atoms with Crippen molar-refractivity contribution in [2.45, 2.75) is 6.42 Å². The normalized spacial score (nSPS) is 13.6. The summed E-state index contributed by atoms with van der Waals surface area (Å²) >= 11 is 10.1. The molecule has 2 aromatic rings. The first-order valence-corrected chi connectivity index (χ1v) is 9.84. The summed E-state index contributed by atoms with van der Waals surface area (Å²) in [6.45, 7) is -0.211. The Labute approximate surface area is 175 Å². The largest absolute Gasteiger partial charge is 0.481 e. The number of rotatable bonds is 4. The topological polar surface area (TPSA) is 71.0 Å². The van der Waals surface area contributed by atoms with E-state index < -0.39 is 5.91 Å². The molecule has 3 rings (SSSR count). The van der Waals surface area contributed by atoms with Crippen LogP contribution in [0, 0.1) is 0 Å². The Morgan fingerprint density at radius 2 is 1.81 bits per heavy atom. The molecule has 0 fully saturated rings. The van der Waals surface area contributed by atoms with Gasteiger partial charge in [0.2, 0.25) is 0 Å². The number of nitrogens with zero attached hydrogens (tertiary/aromatic N) is 2. The summed E-state index contributed by atoms with van der Waals surface area (Å²) in [6.07, 6.45) is 0.0340. The van der Waals surface area contributed by atoms with E-state index in [-0.39, 0.29) is 18.9 Å². The fraction of sp³-hybridized carbons (Fsp3) is 0.118. The van der Waals surface area contributed by atoms with E-state index in [1.54, 1.807) is 12.1 Å². The number of amides is 2. The van der Waals surface area contributed by atoms with Gasteiger partial charge in [-0.25, -0.2) is 0 Å². The van der Waals surface area contributed by atoms with Crippen LogP contribution < -0.4 is 15.1 Å². The van der Waals surface area contributed by atoms with Crippen molar-refractivity contribution < 1.29 is 14.3 Å². The number of ether oxygens (including phenoxy) is 1. The summed E-state index contributed by atoms with van der Waals surface area (Å²) in [5.74, 6) is 0.207. The highest BCUT2D eigenvalue weighted by Gasteiger charge is 2.26. The number of carbonyl (C=O) groups excluding carboxylic acids is 2. The van der Waals surface area contributed by atoms with Crippen LogP contribution in [0.15, 0.2) is 61.0 Å². The van der Waals surface area contributed by atoms with Gasteiger partial charge >= 0.3 is 0 Å². The summed E-state index contributed by atoms with van der Waals surface area (Å²) in [7, 11) is 0. The number of benzene rings is 2. The van der Waals surface area contributed by atoms with Crippen molar-refractivity contribution in [1.82, 2.24) is 5.32 Å². The molecule has 0 spiro atoms. The molecule has 0 saturated carbocycles. The van der Waals surface area contributed by atoms with E-state index in [4.69, 9.17) is 4.74 Å². The Hall–Kier alpha value is -1.71. The summed E-state index contributed by atoms with van der Waals surface area (Å²) in [5, 5.41) is 8.06. The van der Waals surface area contributed by atoms with Gasteiger partial charge in [-0.2, -0.15) is 10.1 Å². The monoisotopic (exact) mass is 543 g/mol. The maximum atomic E-state index is 12.1. The van der Waals surface area contributed by atoms with Crippen molar-refractivity contribution in [3.8, 4) is 5.75 Å². The van der Waals surface area contributed by atoms with Crippen molar-refractivity contribution >= 4 is 71.1 Å². The van der Waals surface area contributed by atoms with Gasteiger partial charge in [-0.05, 0) is 56.1 Å². The predicted octanol–water partition coefficient (Wildman–Crippen LogP) is 4.22. The van der Waals surface area contributed by atoms with Gasteiger partial charge in [-0.15, -0.1) is 0 Å². The minimum absolute atomic E-state index is 0.0340. The lowest BCUT2D eigenvalue weighted by atomic mass is 10.3. The van der Waals surface area contributed by atoms with Gasteiger partial charge in [0.25, 0.3) is 11.8 Å². The lowest BCUT2D eigenvalue weighted by molar-refractivity contribution is -0.121. The van der Waals surface area contributed by atoms with E-state index in [0.717, 1.165) is 4.47 Å². The average molecular weight is 546 g/mol. The highest BCUT2D eigenvalue weighted by atomic mass is 79.9. The molecule has 134 valence electrons. The van der Waals surface area contributed by atoms with Gasteiger partial charge in [0.15, 0.2) is 6.61 Å². The zero-order chi connectivity index (χ0) is 18.7. The van der Waals surface area contributed by atoms with Gasteiger partial charge in [0.1, 0.15) is 11.6 Å². The first-order chi connectivity index (χ1) is 12.4. The van der Waals surface area contributed by atoms with Crippen molar-refractivity contribution in [2.75, 3.05) is 11.6 Å². The number of anilines is 1. The molecule has 9 heteroatoms. The van der Waals surface area contributed by atoms with Crippen LogP contribution in [0.2, 0.25) is 0 Å². The Morgan fingerprint density at radius 3 is 2.46 bits per heavy atom. The standard InChI is InChI=1S/C17H12Br3N3O3/c18-10-6-12(19)17(13(20)7-10)26-9-15(24)21-14-8-16(25)23(22-14)11-4-2-1-3-5-11/h1-7H,8-9H2,(H,21,22,24). The Kier molecular flexibility index (Phi) is 6.10. The molecule has 0 aliphatic carbocycles. The molecule has 0 bridgehead atoms. The minimum Gasteiger partial charge on any atom is -0.481 e. The van der Waals surface area contributed by atoms with E-state index in [9.17, 15) is 9.59 Å². The zero-order valence-electron chi connectivity index (χ0n) is 13.2. The van der Waals surface area contributed by atoms with E-state index in [0.29, 0.717) is 26.2 Å². The molecule has 0 radical (unpaired) electrons. The van der Waals surface area contributed by atoms with Gasteiger partial charge in [0.05, 0.1) is 21.1 Å². The molecule has 26 heavy (non-hydrogen) atoms. The van der Waals surface area contributed by atoms with E-state index >= 15 is 0 Å². The third-order valence-corrected chi connectivity index (χ3v) is 5.01. The van der Waals surface area contributed by atoms with Crippen LogP contribution in [-0.4, -0.2) is 24.3 Å². The molecule has 0 aromatic heterocycles. The summed E-state index contributed by atoms with van der Waals surface area (Å²) in [5.41, 5.74) is 0.653. The Bertz CT molecular complexity index is 864. The number of nitrogens with one attached hydrogen (secondary N) is 1. The number of halogens is 3. The first-order valence-electron chi connectivity index (χ1n) is 7.46. The fourth-order valence-electron chi connectivity index (χ4n) is 2.27. The summed E-state index contributed by atoms with van der Waals surface area (Å²) in [4.78, 5) is 24.2. The number of amidine groups is 1. The summed E-state index contributed by atoms with van der Waals surface area (Å²) < 4.78 is 7.83. The predicted molar refractivity (Wildman–Crippen MR) is 109 cm³/mol. The highest BCUT2D eigenvalue weighted by Crippen LogP contribution is 2.36. The van der Waals surface area contributed by atoms with Crippen LogP contribution >= 0.6 is 47.8 Å². The van der Waals surface area contributed by atoms with Crippen LogP contribution in [0.25, 0.3) is 0 Å². The SMILES string of the molecule is O=C(COc1c(Br)cc(Br)cc1Br)NC1=NN(c2ccccc2)C(=O)C1. The summed E-state index contributed by atoms with van der Waals surface area (Å²) in [6, 6.07) is 12.7. The zero-order valence-corrected chi connectivity index (χ0v) is 18.0. The second-order valence-electron chi connectivity index (χ2n) is 5.30. The van der Waals surface area contributed by atoms with Crippen molar-refractivity contribution in [2.24, 2.45) is 5.10 Å². The van der Waals surface area contributed by atoms with Gasteiger partial charge in [0, 0.05) is 4.47 Å². The van der Waals surface area contributed by atoms with Gasteiger partial charge in [-0.3, -0.25) is 9.59 Å². The van der Waals surface area contributed by atoms with Crippen molar-refractivity contribution in [3.05, 3.63) is 55.9 Å². The number of hydrogen-bond acceptors (Lipinski definition) is 4. The Morgan fingerprint density at radius 1 is 1.15 bits per heavy atom. The van der Waals surface area contributed by atoms with Crippen LogP contribution in [-0.2, 0) is 9.59 Å². The lowest BCUT2D eigenvalue weighted by Crippen LogP contribution is -2.33. The average Bonchev–Trinajstić information content (AvgIpc) is 2.95. The minimum atomic E-state index is -0.395. The lowest BCUT2D eigenvalue weighted by Gasteiger charge is -2.11. The first kappa shape index (κ1) is 19.1. The molecule has 2 amide bonds. The van der Waals surface area contributed by atoms with Crippen molar-refractivity contribution in [1.29, 1.82) is 0 Å². The molecule has 0 atom stereocenters. The number of hydrogen-bond donors (Lipinski definition) is 1. The molecular weight excluding hydrogens is 534 g/mol. The van der Waals surface area contributed by atoms with Crippen LogP contribution in [0.5, 0.6) is 5.75 Å². The molecule has 1 aliphatic heterocycles. The molecule has 1 aliphatic rings. The second kappa shape index (κ2) is 8.32.